The average molecular weight is 412 g/mol. The molecule has 2 amide bonds. The highest BCUT2D eigenvalue weighted by Gasteiger charge is 2.35. The van der Waals surface area contributed by atoms with E-state index in [0.717, 1.165) is 0 Å². The number of nitrogens with zero attached hydrogens (tertiary/aromatic N) is 3. The number of ether oxygens (including phenoxy) is 1. The summed E-state index contributed by atoms with van der Waals surface area (Å²) < 4.78 is 19.8. The lowest BCUT2D eigenvalue weighted by atomic mass is 9.87. The van der Waals surface area contributed by atoms with Gasteiger partial charge in [0.1, 0.15) is 11.5 Å². The molecule has 1 aliphatic heterocycles. The highest BCUT2D eigenvalue weighted by Crippen LogP contribution is 2.34. The van der Waals surface area contributed by atoms with E-state index in [1.165, 1.54) is 30.6 Å². The number of benzene rings is 1. The number of aromatic nitrogens is 2. The van der Waals surface area contributed by atoms with Crippen LogP contribution in [0.2, 0.25) is 0 Å². The fraction of sp³-hybridized carbons (Fsp3) is 0.250. The SMILES string of the molecule is C=CCCOc1cnc(C(=O)Nc2ccc(F)c(C3(C)CC(=O)NC(N)=N3)c2)cn1. The van der Waals surface area contributed by atoms with E-state index in [0.29, 0.717) is 18.7 Å². The van der Waals surface area contributed by atoms with Crippen LogP contribution < -0.4 is 21.1 Å². The highest BCUT2D eigenvalue weighted by atomic mass is 19.1. The van der Waals surface area contributed by atoms with E-state index in [-0.39, 0.29) is 35.4 Å². The third-order valence-electron chi connectivity index (χ3n) is 4.38. The van der Waals surface area contributed by atoms with Crippen molar-refractivity contribution in [2.45, 2.75) is 25.3 Å². The summed E-state index contributed by atoms with van der Waals surface area (Å²) >= 11 is 0. The van der Waals surface area contributed by atoms with E-state index in [4.69, 9.17) is 10.5 Å². The Balaban J connectivity index is 1.77. The number of nitrogens with one attached hydrogen (secondary N) is 2. The van der Waals surface area contributed by atoms with Crippen LogP contribution in [0.5, 0.6) is 5.88 Å². The maximum absolute atomic E-state index is 14.5. The topological polar surface area (TPSA) is 132 Å². The Hall–Kier alpha value is -3.82. The predicted octanol–water partition coefficient (Wildman–Crippen LogP) is 1.87. The lowest BCUT2D eigenvalue weighted by Crippen LogP contribution is -2.46. The molecule has 2 aromatic rings. The molecule has 0 saturated carbocycles. The lowest BCUT2D eigenvalue weighted by molar-refractivity contribution is -0.121. The van der Waals surface area contributed by atoms with Gasteiger partial charge in [0.15, 0.2) is 5.96 Å². The Morgan fingerprint density at radius 3 is 2.90 bits per heavy atom. The van der Waals surface area contributed by atoms with Crippen LogP contribution in [0.1, 0.15) is 35.8 Å². The van der Waals surface area contributed by atoms with E-state index < -0.39 is 17.3 Å². The largest absolute Gasteiger partial charge is 0.476 e. The molecule has 9 nitrogen and oxygen atoms in total. The lowest BCUT2D eigenvalue weighted by Gasteiger charge is -2.30. The van der Waals surface area contributed by atoms with Crippen molar-refractivity contribution in [2.75, 3.05) is 11.9 Å². The summed E-state index contributed by atoms with van der Waals surface area (Å²) in [6.07, 6.45) is 4.91. The number of nitrogens with two attached hydrogens (primary N) is 1. The van der Waals surface area contributed by atoms with Crippen LogP contribution in [0.3, 0.4) is 0 Å². The summed E-state index contributed by atoms with van der Waals surface area (Å²) in [7, 11) is 0. The fourth-order valence-corrected chi connectivity index (χ4v) is 2.95. The molecule has 4 N–H and O–H groups in total. The van der Waals surface area contributed by atoms with Crippen LogP contribution in [-0.4, -0.2) is 34.3 Å². The van der Waals surface area contributed by atoms with Gasteiger partial charge < -0.3 is 15.8 Å². The number of hydrogen-bond acceptors (Lipinski definition) is 7. The van der Waals surface area contributed by atoms with Crippen molar-refractivity contribution in [3.05, 3.63) is 60.3 Å². The molecule has 30 heavy (non-hydrogen) atoms. The molecule has 1 unspecified atom stereocenters. The van der Waals surface area contributed by atoms with Gasteiger partial charge in [-0.05, 0) is 31.5 Å². The van der Waals surface area contributed by atoms with Crippen LogP contribution in [0, 0.1) is 5.82 Å². The zero-order chi connectivity index (χ0) is 21.7. The number of hydrogen-bond donors (Lipinski definition) is 3. The smallest absolute Gasteiger partial charge is 0.275 e. The van der Waals surface area contributed by atoms with Gasteiger partial charge in [-0.25, -0.2) is 19.4 Å². The zero-order valence-corrected chi connectivity index (χ0v) is 16.3. The van der Waals surface area contributed by atoms with Gasteiger partial charge in [-0.3, -0.25) is 14.9 Å². The van der Waals surface area contributed by atoms with Crippen LogP contribution in [0.25, 0.3) is 0 Å². The monoisotopic (exact) mass is 412 g/mol. The first kappa shape index (κ1) is 20.9. The number of aliphatic imine (C=N–C) groups is 1. The normalized spacial score (nSPS) is 18.2. The summed E-state index contributed by atoms with van der Waals surface area (Å²) in [5.74, 6) is -1.27. The Kier molecular flexibility index (Phi) is 6.05. The van der Waals surface area contributed by atoms with E-state index in [1.807, 2.05) is 0 Å². The number of guanidine groups is 1. The first-order valence-corrected chi connectivity index (χ1v) is 9.13. The number of carbonyl (C=O) groups is 2. The highest BCUT2D eigenvalue weighted by molar-refractivity contribution is 6.03. The third-order valence-corrected chi connectivity index (χ3v) is 4.38. The van der Waals surface area contributed by atoms with Gasteiger partial charge in [0.2, 0.25) is 11.8 Å². The number of anilines is 1. The van der Waals surface area contributed by atoms with Crippen molar-refractivity contribution in [2.24, 2.45) is 10.7 Å². The molecule has 1 aliphatic rings. The number of carbonyl (C=O) groups excluding carboxylic acids is 2. The molecule has 0 bridgehead atoms. The molecule has 1 aromatic carbocycles. The standard InChI is InChI=1S/C20H21FN6O3/c1-3-4-7-30-17-11-23-15(10-24-17)18(29)25-12-5-6-14(21)13(8-12)20(2)9-16(28)26-19(22)27-20/h3,5-6,8,10-11H,1,4,7,9H2,2H3,(H,25,29)(H3,22,26,27,28). The second-order valence-electron chi connectivity index (χ2n) is 6.81. The van der Waals surface area contributed by atoms with Gasteiger partial charge >= 0.3 is 0 Å². The summed E-state index contributed by atoms with van der Waals surface area (Å²) in [4.78, 5) is 36.5. The molecule has 10 heteroatoms. The second kappa shape index (κ2) is 8.68. The van der Waals surface area contributed by atoms with Crippen molar-refractivity contribution in [3.63, 3.8) is 0 Å². The van der Waals surface area contributed by atoms with E-state index in [1.54, 1.807) is 13.0 Å². The maximum atomic E-state index is 14.5. The maximum Gasteiger partial charge on any atom is 0.275 e. The van der Waals surface area contributed by atoms with Crippen molar-refractivity contribution in [3.8, 4) is 5.88 Å². The molecule has 1 aromatic heterocycles. The third kappa shape index (κ3) is 4.77. The van der Waals surface area contributed by atoms with E-state index >= 15 is 0 Å². The molecule has 156 valence electrons. The molecule has 0 spiro atoms. The Morgan fingerprint density at radius 1 is 1.43 bits per heavy atom. The van der Waals surface area contributed by atoms with Crippen molar-refractivity contribution in [1.29, 1.82) is 0 Å². The van der Waals surface area contributed by atoms with Gasteiger partial charge in [0.25, 0.3) is 5.91 Å². The Labute approximate surface area is 172 Å². The molecular weight excluding hydrogens is 391 g/mol. The van der Waals surface area contributed by atoms with Gasteiger partial charge in [0, 0.05) is 11.3 Å². The Morgan fingerprint density at radius 2 is 2.23 bits per heavy atom. The molecule has 0 saturated heterocycles. The van der Waals surface area contributed by atoms with Gasteiger partial charge in [-0.15, -0.1) is 6.58 Å². The second-order valence-corrected chi connectivity index (χ2v) is 6.81. The van der Waals surface area contributed by atoms with Gasteiger partial charge in [-0.2, -0.15) is 0 Å². The molecular formula is C20H21FN6O3. The number of rotatable bonds is 7. The molecule has 1 atom stereocenters. The van der Waals surface area contributed by atoms with Crippen molar-refractivity contribution in [1.82, 2.24) is 15.3 Å². The fourth-order valence-electron chi connectivity index (χ4n) is 2.95. The summed E-state index contributed by atoms with van der Waals surface area (Å²) in [6, 6.07) is 4.01. The van der Waals surface area contributed by atoms with Crippen LogP contribution in [0.4, 0.5) is 10.1 Å². The number of halogens is 1. The van der Waals surface area contributed by atoms with Crippen LogP contribution >= 0.6 is 0 Å². The average Bonchev–Trinajstić information content (AvgIpc) is 2.69. The van der Waals surface area contributed by atoms with Crippen molar-refractivity contribution < 1.29 is 18.7 Å². The van der Waals surface area contributed by atoms with Crippen LogP contribution in [0.15, 0.2) is 48.2 Å². The minimum atomic E-state index is -1.19. The minimum Gasteiger partial charge on any atom is -0.476 e. The molecule has 3 rings (SSSR count). The van der Waals surface area contributed by atoms with E-state index in [9.17, 15) is 14.0 Å². The first-order chi connectivity index (χ1) is 14.3. The molecule has 0 fully saturated rings. The van der Waals surface area contributed by atoms with Gasteiger partial charge in [-0.1, -0.05) is 6.08 Å². The van der Waals surface area contributed by atoms with Crippen molar-refractivity contribution >= 4 is 23.5 Å². The van der Waals surface area contributed by atoms with E-state index in [2.05, 4.69) is 32.2 Å². The summed E-state index contributed by atoms with van der Waals surface area (Å²) in [5, 5.41) is 5.01. The zero-order valence-electron chi connectivity index (χ0n) is 16.3. The Bertz CT molecular complexity index is 1010. The quantitative estimate of drug-likeness (QED) is 0.470. The first-order valence-electron chi connectivity index (χ1n) is 9.13. The summed E-state index contributed by atoms with van der Waals surface area (Å²) in [6.45, 7) is 5.60. The predicted molar refractivity (Wildman–Crippen MR) is 108 cm³/mol. The summed E-state index contributed by atoms with van der Waals surface area (Å²) in [5.41, 5.74) is 4.94. The molecule has 0 aliphatic carbocycles. The van der Waals surface area contributed by atoms with Gasteiger partial charge in [0.05, 0.1) is 31.0 Å². The molecule has 0 radical (unpaired) electrons. The van der Waals surface area contributed by atoms with Crippen LogP contribution in [-0.2, 0) is 10.3 Å². The minimum absolute atomic E-state index is 0.0578. The number of amides is 2. The molecule has 2 heterocycles.